The van der Waals surface area contributed by atoms with E-state index < -0.39 is 5.97 Å². The lowest BCUT2D eigenvalue weighted by Gasteiger charge is -2.45. The lowest BCUT2D eigenvalue weighted by atomic mass is 9.59. The molecule has 0 saturated heterocycles. The number of fused-ring (bicyclic) bond motifs is 1. The van der Waals surface area contributed by atoms with E-state index in [4.69, 9.17) is 5.11 Å². The third-order valence-corrected chi connectivity index (χ3v) is 6.41. The number of carboxylic acids is 1. The summed E-state index contributed by atoms with van der Waals surface area (Å²) in [6.45, 7) is 13.3. The van der Waals surface area contributed by atoms with Crippen molar-refractivity contribution >= 4 is 11.5 Å². The Hall–Kier alpha value is -2.09. The number of allylic oxidation sites excluding steroid dienone is 5. The standard InChI is InChI=1S/C25H34O2/c1-7-25(8-2)15-14-24(5,6)22-17-20(12-13-21(22)25)19(4)11-9-10-18(3)16-23(26)27/h9-13,16-17H,7-8,14-15H2,1-6H3,(H,26,27)/b10-9+,18-16+,19-11+. The highest BCUT2D eigenvalue weighted by molar-refractivity contribution is 5.81. The molecule has 0 aliphatic heterocycles. The maximum Gasteiger partial charge on any atom is 0.328 e. The monoisotopic (exact) mass is 366 g/mol. The van der Waals surface area contributed by atoms with Crippen molar-refractivity contribution in [2.75, 3.05) is 0 Å². The molecule has 1 N–H and O–H groups in total. The van der Waals surface area contributed by atoms with Gasteiger partial charge in [-0.25, -0.2) is 4.79 Å². The topological polar surface area (TPSA) is 37.3 Å². The van der Waals surface area contributed by atoms with Crippen molar-refractivity contribution in [2.24, 2.45) is 0 Å². The molecule has 2 nitrogen and oxygen atoms in total. The Balaban J connectivity index is 2.40. The third kappa shape index (κ3) is 4.61. The van der Waals surface area contributed by atoms with E-state index in [1.165, 1.54) is 54.0 Å². The molecule has 0 aromatic heterocycles. The molecule has 0 spiro atoms. The van der Waals surface area contributed by atoms with E-state index in [9.17, 15) is 4.79 Å². The van der Waals surface area contributed by atoms with Gasteiger partial charge in [0.25, 0.3) is 0 Å². The number of carbonyl (C=O) groups is 1. The zero-order valence-corrected chi connectivity index (χ0v) is 17.7. The average Bonchev–Trinajstić information content (AvgIpc) is 2.61. The second kappa shape index (κ2) is 8.29. The van der Waals surface area contributed by atoms with Gasteiger partial charge < -0.3 is 5.11 Å². The van der Waals surface area contributed by atoms with Crippen LogP contribution in [0.4, 0.5) is 0 Å². The smallest absolute Gasteiger partial charge is 0.328 e. The molecule has 0 fully saturated rings. The molecule has 0 heterocycles. The summed E-state index contributed by atoms with van der Waals surface area (Å²) in [5, 5.41) is 8.79. The van der Waals surface area contributed by atoms with Gasteiger partial charge in [-0.15, -0.1) is 0 Å². The number of rotatable bonds is 6. The first-order chi connectivity index (χ1) is 12.6. The molecular weight excluding hydrogens is 332 g/mol. The molecule has 1 aromatic carbocycles. The minimum Gasteiger partial charge on any atom is -0.478 e. The Morgan fingerprint density at radius 2 is 1.78 bits per heavy atom. The number of aliphatic carboxylic acids is 1. The van der Waals surface area contributed by atoms with E-state index in [1.54, 1.807) is 6.92 Å². The molecule has 0 atom stereocenters. The first-order valence-corrected chi connectivity index (χ1v) is 10.1. The maximum atomic E-state index is 10.7. The van der Waals surface area contributed by atoms with Crippen molar-refractivity contribution in [2.45, 2.75) is 78.1 Å². The van der Waals surface area contributed by atoms with Crippen LogP contribution in [0.15, 0.2) is 48.1 Å². The van der Waals surface area contributed by atoms with Gasteiger partial charge in [-0.1, -0.05) is 64.1 Å². The van der Waals surface area contributed by atoms with E-state index in [2.05, 4.69) is 58.9 Å². The van der Waals surface area contributed by atoms with Gasteiger partial charge in [0.15, 0.2) is 0 Å². The van der Waals surface area contributed by atoms with Crippen LogP contribution >= 0.6 is 0 Å². The number of carboxylic acid groups (broad SMARTS) is 1. The highest BCUT2D eigenvalue weighted by Crippen LogP contribution is 2.49. The van der Waals surface area contributed by atoms with E-state index >= 15 is 0 Å². The first-order valence-electron chi connectivity index (χ1n) is 10.1. The van der Waals surface area contributed by atoms with E-state index in [1.807, 2.05) is 12.2 Å². The normalized spacial score (nSPS) is 19.2. The summed E-state index contributed by atoms with van der Waals surface area (Å²) in [4.78, 5) is 10.7. The molecule has 27 heavy (non-hydrogen) atoms. The van der Waals surface area contributed by atoms with Gasteiger partial charge in [0.05, 0.1) is 0 Å². The number of hydrogen-bond donors (Lipinski definition) is 1. The van der Waals surface area contributed by atoms with Crippen molar-refractivity contribution < 1.29 is 9.90 Å². The quantitative estimate of drug-likeness (QED) is 0.444. The lowest BCUT2D eigenvalue weighted by Crippen LogP contribution is -2.37. The predicted molar refractivity (Wildman–Crippen MR) is 115 cm³/mol. The molecule has 1 aliphatic rings. The fourth-order valence-corrected chi connectivity index (χ4v) is 4.30. The molecule has 0 saturated carbocycles. The SMILES string of the molecule is CCC1(CC)CCC(C)(C)c2cc(/C(C)=C/C=C/C(C)=C/C(=O)O)ccc21. The van der Waals surface area contributed by atoms with E-state index in [0.717, 1.165) is 5.57 Å². The summed E-state index contributed by atoms with van der Waals surface area (Å²) < 4.78 is 0. The molecule has 2 heteroatoms. The molecule has 0 radical (unpaired) electrons. The van der Waals surface area contributed by atoms with Crippen LogP contribution < -0.4 is 0 Å². The Kier molecular flexibility index (Phi) is 6.51. The zero-order valence-electron chi connectivity index (χ0n) is 17.7. The van der Waals surface area contributed by atoms with Crippen LogP contribution in [0.3, 0.4) is 0 Å². The van der Waals surface area contributed by atoms with Crippen LogP contribution in [0.1, 0.15) is 83.9 Å². The molecule has 0 amide bonds. The summed E-state index contributed by atoms with van der Waals surface area (Å²) in [6.07, 6.45) is 11.9. The van der Waals surface area contributed by atoms with Gasteiger partial charge in [0, 0.05) is 6.08 Å². The minimum absolute atomic E-state index is 0.204. The molecule has 0 bridgehead atoms. The summed E-state index contributed by atoms with van der Waals surface area (Å²) in [6, 6.07) is 6.99. The molecular formula is C25H34O2. The average molecular weight is 367 g/mol. The summed E-state index contributed by atoms with van der Waals surface area (Å²) in [7, 11) is 0. The molecule has 2 rings (SSSR count). The summed E-state index contributed by atoms with van der Waals surface area (Å²) in [5.41, 5.74) is 6.72. The minimum atomic E-state index is -0.912. The molecule has 1 aliphatic carbocycles. The number of benzene rings is 1. The summed E-state index contributed by atoms with van der Waals surface area (Å²) >= 11 is 0. The van der Waals surface area contributed by atoms with Crippen LogP contribution in [0.5, 0.6) is 0 Å². The lowest BCUT2D eigenvalue weighted by molar-refractivity contribution is -0.131. The highest BCUT2D eigenvalue weighted by Gasteiger charge is 2.40. The van der Waals surface area contributed by atoms with Crippen LogP contribution in [0.25, 0.3) is 5.57 Å². The summed E-state index contributed by atoms with van der Waals surface area (Å²) in [5.74, 6) is -0.912. The maximum absolute atomic E-state index is 10.7. The van der Waals surface area contributed by atoms with Crippen LogP contribution in [-0.4, -0.2) is 11.1 Å². The van der Waals surface area contributed by atoms with Crippen molar-refractivity contribution in [3.63, 3.8) is 0 Å². The van der Waals surface area contributed by atoms with Crippen LogP contribution in [-0.2, 0) is 15.6 Å². The largest absolute Gasteiger partial charge is 0.478 e. The van der Waals surface area contributed by atoms with Crippen LogP contribution in [0.2, 0.25) is 0 Å². The Morgan fingerprint density at radius 3 is 2.37 bits per heavy atom. The van der Waals surface area contributed by atoms with Gasteiger partial charge in [-0.3, -0.25) is 0 Å². The second-order valence-corrected chi connectivity index (χ2v) is 8.57. The van der Waals surface area contributed by atoms with E-state index in [0.29, 0.717) is 5.41 Å². The Morgan fingerprint density at radius 1 is 1.11 bits per heavy atom. The molecule has 1 aromatic rings. The van der Waals surface area contributed by atoms with Gasteiger partial charge in [-0.05, 0) is 78.2 Å². The Labute approximate surface area is 164 Å². The van der Waals surface area contributed by atoms with Crippen molar-refractivity contribution in [3.8, 4) is 0 Å². The van der Waals surface area contributed by atoms with Gasteiger partial charge in [-0.2, -0.15) is 0 Å². The fourth-order valence-electron chi connectivity index (χ4n) is 4.30. The van der Waals surface area contributed by atoms with Gasteiger partial charge in [0.1, 0.15) is 0 Å². The van der Waals surface area contributed by atoms with Gasteiger partial charge >= 0.3 is 5.97 Å². The molecule has 0 unspecified atom stereocenters. The highest BCUT2D eigenvalue weighted by atomic mass is 16.4. The zero-order chi connectivity index (χ0) is 20.2. The van der Waals surface area contributed by atoms with Crippen molar-refractivity contribution in [3.05, 3.63) is 64.8 Å². The molecule has 146 valence electrons. The second-order valence-electron chi connectivity index (χ2n) is 8.57. The third-order valence-electron chi connectivity index (χ3n) is 6.41. The Bertz CT molecular complexity index is 787. The van der Waals surface area contributed by atoms with Gasteiger partial charge in [0.2, 0.25) is 0 Å². The van der Waals surface area contributed by atoms with E-state index in [-0.39, 0.29) is 5.41 Å². The van der Waals surface area contributed by atoms with Crippen LogP contribution in [0, 0.1) is 0 Å². The van der Waals surface area contributed by atoms with Crippen molar-refractivity contribution in [1.82, 2.24) is 0 Å². The fraction of sp³-hybridized carbons (Fsp3) is 0.480. The predicted octanol–water partition coefficient (Wildman–Crippen LogP) is 6.81. The van der Waals surface area contributed by atoms with Crippen molar-refractivity contribution in [1.29, 1.82) is 0 Å². The first kappa shape index (κ1) is 21.2. The number of hydrogen-bond acceptors (Lipinski definition) is 1.